The SMILES string of the molecule is COC(=O)C[C@@H](c1ccc(OC)c(OC)c1)c1c(O)cc(C)oc1=O. The summed E-state index contributed by atoms with van der Waals surface area (Å²) in [6.07, 6.45) is -0.145. The van der Waals surface area contributed by atoms with E-state index in [2.05, 4.69) is 0 Å². The maximum absolute atomic E-state index is 12.3. The summed E-state index contributed by atoms with van der Waals surface area (Å²) >= 11 is 0. The van der Waals surface area contributed by atoms with Crippen LogP contribution in [0.3, 0.4) is 0 Å². The Hall–Kier alpha value is -2.96. The number of esters is 1. The average Bonchev–Trinajstić information content (AvgIpc) is 2.59. The minimum Gasteiger partial charge on any atom is -0.507 e. The molecule has 0 bridgehead atoms. The van der Waals surface area contributed by atoms with Gasteiger partial charge >= 0.3 is 11.6 Å². The fourth-order valence-electron chi connectivity index (χ4n) is 2.63. The highest BCUT2D eigenvalue weighted by molar-refractivity contribution is 5.71. The molecule has 0 fully saturated rings. The Labute approximate surface area is 144 Å². The molecule has 1 atom stereocenters. The second kappa shape index (κ2) is 7.74. The maximum atomic E-state index is 12.3. The van der Waals surface area contributed by atoms with Crippen LogP contribution in [-0.4, -0.2) is 32.4 Å². The molecule has 25 heavy (non-hydrogen) atoms. The lowest BCUT2D eigenvalue weighted by Gasteiger charge is -2.18. The van der Waals surface area contributed by atoms with E-state index in [-0.39, 0.29) is 23.5 Å². The molecule has 0 saturated carbocycles. The van der Waals surface area contributed by atoms with Gasteiger partial charge in [-0.2, -0.15) is 0 Å². The molecule has 1 aromatic carbocycles. The molecule has 0 radical (unpaired) electrons. The van der Waals surface area contributed by atoms with Crippen molar-refractivity contribution in [2.24, 2.45) is 0 Å². The molecule has 134 valence electrons. The summed E-state index contributed by atoms with van der Waals surface area (Å²) < 4.78 is 20.3. The van der Waals surface area contributed by atoms with Crippen LogP contribution in [0.15, 0.2) is 33.5 Å². The Morgan fingerprint density at radius 2 is 1.84 bits per heavy atom. The van der Waals surface area contributed by atoms with Crippen molar-refractivity contribution < 1.29 is 28.5 Å². The molecule has 1 heterocycles. The minimum absolute atomic E-state index is 0.0109. The molecule has 2 rings (SSSR count). The highest BCUT2D eigenvalue weighted by Crippen LogP contribution is 2.37. The van der Waals surface area contributed by atoms with E-state index >= 15 is 0 Å². The van der Waals surface area contributed by atoms with Crippen molar-refractivity contribution in [2.75, 3.05) is 21.3 Å². The average molecular weight is 348 g/mol. The van der Waals surface area contributed by atoms with Crippen LogP contribution < -0.4 is 15.1 Å². The molecule has 0 amide bonds. The van der Waals surface area contributed by atoms with Gasteiger partial charge < -0.3 is 23.7 Å². The Kier molecular flexibility index (Phi) is 5.69. The molecule has 0 aliphatic carbocycles. The van der Waals surface area contributed by atoms with Crippen LogP contribution in [0.5, 0.6) is 17.2 Å². The summed E-state index contributed by atoms with van der Waals surface area (Å²) in [6, 6.07) is 6.33. The van der Waals surface area contributed by atoms with Gasteiger partial charge in [0.25, 0.3) is 0 Å². The van der Waals surface area contributed by atoms with Crippen LogP contribution in [0.2, 0.25) is 0 Å². The van der Waals surface area contributed by atoms with Gasteiger partial charge in [0.1, 0.15) is 11.5 Å². The summed E-state index contributed by atoms with van der Waals surface area (Å²) in [5.41, 5.74) is -0.140. The van der Waals surface area contributed by atoms with Crippen LogP contribution in [0, 0.1) is 6.92 Å². The summed E-state index contributed by atoms with van der Waals surface area (Å²) in [4.78, 5) is 24.1. The third kappa shape index (κ3) is 3.93. The first-order valence-electron chi connectivity index (χ1n) is 7.53. The van der Waals surface area contributed by atoms with Crippen LogP contribution in [0.1, 0.15) is 29.2 Å². The smallest absolute Gasteiger partial charge is 0.343 e. The molecule has 1 aromatic heterocycles. The van der Waals surface area contributed by atoms with Gasteiger partial charge in [-0.15, -0.1) is 0 Å². The summed E-state index contributed by atoms with van der Waals surface area (Å²) in [6.45, 7) is 1.55. The number of rotatable bonds is 6. The Bertz CT molecular complexity index is 823. The van der Waals surface area contributed by atoms with Gasteiger partial charge in [-0.25, -0.2) is 4.79 Å². The Morgan fingerprint density at radius 1 is 1.16 bits per heavy atom. The van der Waals surface area contributed by atoms with E-state index in [0.717, 1.165) is 0 Å². The van der Waals surface area contributed by atoms with Crippen LogP contribution in [0.4, 0.5) is 0 Å². The highest BCUT2D eigenvalue weighted by Gasteiger charge is 2.27. The fraction of sp³-hybridized carbons (Fsp3) is 0.333. The number of aromatic hydroxyl groups is 1. The number of ether oxygens (including phenoxy) is 3. The second-order valence-electron chi connectivity index (χ2n) is 5.39. The second-order valence-corrected chi connectivity index (χ2v) is 5.39. The van der Waals surface area contributed by atoms with Gasteiger partial charge in [0.2, 0.25) is 0 Å². The lowest BCUT2D eigenvalue weighted by molar-refractivity contribution is -0.140. The molecular formula is C18H20O7. The molecule has 7 nitrogen and oxygen atoms in total. The monoisotopic (exact) mass is 348 g/mol. The molecular weight excluding hydrogens is 328 g/mol. The quantitative estimate of drug-likeness (QED) is 0.801. The molecule has 7 heteroatoms. The zero-order chi connectivity index (χ0) is 18.6. The largest absolute Gasteiger partial charge is 0.507 e. The highest BCUT2D eigenvalue weighted by atomic mass is 16.5. The number of benzene rings is 1. The molecule has 0 unspecified atom stereocenters. The zero-order valence-electron chi connectivity index (χ0n) is 14.5. The standard InChI is InChI=1S/C18H20O7/c1-10-7-13(19)17(18(21)25-10)12(9-16(20)24-4)11-5-6-14(22-2)15(8-11)23-3/h5-8,12,19H,9H2,1-4H3/t12-/m0/s1. The van der Waals surface area contributed by atoms with E-state index in [0.29, 0.717) is 17.1 Å². The number of hydrogen-bond acceptors (Lipinski definition) is 7. The summed E-state index contributed by atoms with van der Waals surface area (Å²) in [5, 5.41) is 10.2. The molecule has 0 aliphatic heterocycles. The predicted octanol–water partition coefficient (Wildman–Crippen LogP) is 2.37. The van der Waals surface area contributed by atoms with Gasteiger partial charge in [-0.1, -0.05) is 6.07 Å². The van der Waals surface area contributed by atoms with E-state index in [1.54, 1.807) is 25.1 Å². The first-order valence-corrected chi connectivity index (χ1v) is 7.53. The van der Waals surface area contributed by atoms with Gasteiger partial charge in [0.15, 0.2) is 11.5 Å². The van der Waals surface area contributed by atoms with Crippen molar-refractivity contribution in [1.29, 1.82) is 0 Å². The van der Waals surface area contributed by atoms with E-state index < -0.39 is 17.5 Å². The Balaban J connectivity index is 2.62. The number of carbonyl (C=O) groups is 1. The molecule has 0 aliphatic rings. The third-order valence-electron chi connectivity index (χ3n) is 3.85. The van der Waals surface area contributed by atoms with Crippen molar-refractivity contribution in [3.63, 3.8) is 0 Å². The number of aryl methyl sites for hydroxylation is 1. The summed E-state index contributed by atoms with van der Waals surface area (Å²) in [7, 11) is 4.24. The van der Waals surface area contributed by atoms with Gasteiger partial charge in [-0.05, 0) is 24.6 Å². The van der Waals surface area contributed by atoms with Crippen molar-refractivity contribution in [2.45, 2.75) is 19.3 Å². The fourth-order valence-corrected chi connectivity index (χ4v) is 2.63. The van der Waals surface area contributed by atoms with E-state index in [4.69, 9.17) is 18.6 Å². The van der Waals surface area contributed by atoms with E-state index in [1.165, 1.54) is 27.4 Å². The van der Waals surface area contributed by atoms with Crippen LogP contribution in [-0.2, 0) is 9.53 Å². The predicted molar refractivity (Wildman–Crippen MR) is 89.4 cm³/mol. The van der Waals surface area contributed by atoms with Crippen LogP contribution in [0.25, 0.3) is 0 Å². The zero-order valence-corrected chi connectivity index (χ0v) is 14.5. The van der Waals surface area contributed by atoms with Crippen LogP contribution >= 0.6 is 0 Å². The third-order valence-corrected chi connectivity index (χ3v) is 3.85. The van der Waals surface area contributed by atoms with E-state index in [1.807, 2.05) is 0 Å². The topological polar surface area (TPSA) is 95.2 Å². The van der Waals surface area contributed by atoms with Gasteiger partial charge in [0, 0.05) is 12.0 Å². The minimum atomic E-state index is -0.760. The number of methoxy groups -OCH3 is 3. The van der Waals surface area contributed by atoms with Crippen molar-refractivity contribution >= 4 is 5.97 Å². The molecule has 2 aromatic rings. The lowest BCUT2D eigenvalue weighted by Crippen LogP contribution is -2.18. The van der Waals surface area contributed by atoms with Gasteiger partial charge in [0.05, 0.1) is 33.3 Å². The molecule has 0 spiro atoms. The molecule has 0 saturated heterocycles. The van der Waals surface area contributed by atoms with Crippen molar-refractivity contribution in [3.8, 4) is 17.2 Å². The lowest BCUT2D eigenvalue weighted by atomic mass is 9.88. The number of hydrogen-bond donors (Lipinski definition) is 1. The number of carbonyl (C=O) groups excluding carboxylic acids is 1. The maximum Gasteiger partial charge on any atom is 0.343 e. The van der Waals surface area contributed by atoms with Crippen molar-refractivity contribution in [3.05, 3.63) is 51.6 Å². The summed E-state index contributed by atoms with van der Waals surface area (Å²) in [5.74, 6) is -0.315. The molecule has 1 N–H and O–H groups in total. The Morgan fingerprint density at radius 3 is 2.40 bits per heavy atom. The first-order chi connectivity index (χ1) is 11.9. The normalized spacial score (nSPS) is 11.7. The van der Waals surface area contributed by atoms with E-state index in [9.17, 15) is 14.7 Å². The van der Waals surface area contributed by atoms with Crippen molar-refractivity contribution in [1.82, 2.24) is 0 Å². The van der Waals surface area contributed by atoms with Gasteiger partial charge in [-0.3, -0.25) is 4.79 Å². The first kappa shape index (κ1) is 18.4.